The average molecular weight is 336 g/mol. The third-order valence-electron chi connectivity index (χ3n) is 3.62. The van der Waals surface area contributed by atoms with Crippen LogP contribution >= 0.6 is 11.6 Å². The standard InChI is InChI=1S/C14H26ClN3O2S/c1-6-12(7-2)18(9-10(3)4)21(19,20)14-13(8-15)11(5)16-17-14/h10,12H,6-9H2,1-5H3,(H,16,17). The number of halogens is 1. The Bertz CT molecular complexity index is 551. The zero-order chi connectivity index (χ0) is 16.2. The van der Waals surface area contributed by atoms with Gasteiger partial charge in [-0.25, -0.2) is 8.42 Å². The highest BCUT2D eigenvalue weighted by Gasteiger charge is 2.34. The second kappa shape index (κ2) is 7.61. The third kappa shape index (κ3) is 3.99. The fourth-order valence-corrected chi connectivity index (χ4v) is 4.92. The number of aromatic nitrogens is 2. The molecule has 122 valence electrons. The number of hydrogen-bond donors (Lipinski definition) is 1. The van der Waals surface area contributed by atoms with Gasteiger partial charge in [0, 0.05) is 23.8 Å². The summed E-state index contributed by atoms with van der Waals surface area (Å²) >= 11 is 5.90. The van der Waals surface area contributed by atoms with Crippen LogP contribution in [0.1, 0.15) is 51.8 Å². The van der Waals surface area contributed by atoms with E-state index in [9.17, 15) is 8.42 Å². The lowest BCUT2D eigenvalue weighted by Crippen LogP contribution is -2.42. The minimum atomic E-state index is -3.63. The Morgan fingerprint density at radius 1 is 1.29 bits per heavy atom. The van der Waals surface area contributed by atoms with Crippen molar-refractivity contribution in [1.82, 2.24) is 14.5 Å². The summed E-state index contributed by atoms with van der Waals surface area (Å²) < 4.78 is 27.6. The van der Waals surface area contributed by atoms with Crippen LogP contribution in [0.4, 0.5) is 0 Å². The van der Waals surface area contributed by atoms with Gasteiger partial charge >= 0.3 is 0 Å². The molecule has 5 nitrogen and oxygen atoms in total. The average Bonchev–Trinajstić information content (AvgIpc) is 2.80. The lowest BCUT2D eigenvalue weighted by Gasteiger charge is -2.30. The van der Waals surface area contributed by atoms with E-state index in [0.29, 0.717) is 17.8 Å². The first-order valence-corrected chi connectivity index (χ1v) is 9.38. The Morgan fingerprint density at radius 3 is 2.29 bits per heavy atom. The molecule has 0 saturated carbocycles. The highest BCUT2D eigenvalue weighted by Crippen LogP contribution is 2.26. The Hall–Kier alpha value is -0.590. The van der Waals surface area contributed by atoms with Gasteiger partial charge < -0.3 is 0 Å². The highest BCUT2D eigenvalue weighted by molar-refractivity contribution is 7.89. The van der Waals surface area contributed by atoms with Gasteiger partial charge in [-0.15, -0.1) is 11.6 Å². The quantitative estimate of drug-likeness (QED) is 0.741. The van der Waals surface area contributed by atoms with Gasteiger partial charge in [-0.3, -0.25) is 5.10 Å². The molecule has 1 N–H and O–H groups in total. The van der Waals surface area contributed by atoms with E-state index < -0.39 is 10.0 Å². The van der Waals surface area contributed by atoms with Gasteiger partial charge in [-0.05, 0) is 25.7 Å². The molecule has 0 aliphatic carbocycles. The Kier molecular flexibility index (Phi) is 6.69. The molecule has 0 aliphatic heterocycles. The van der Waals surface area contributed by atoms with Crippen LogP contribution in [0.25, 0.3) is 0 Å². The van der Waals surface area contributed by atoms with Crippen LogP contribution in [0.5, 0.6) is 0 Å². The normalized spacial score (nSPS) is 12.8. The molecule has 0 amide bonds. The van der Waals surface area contributed by atoms with Gasteiger partial charge in [-0.2, -0.15) is 9.40 Å². The maximum Gasteiger partial charge on any atom is 0.262 e. The summed E-state index contributed by atoms with van der Waals surface area (Å²) in [7, 11) is -3.63. The highest BCUT2D eigenvalue weighted by atomic mass is 35.5. The minimum absolute atomic E-state index is 0.0161. The summed E-state index contributed by atoms with van der Waals surface area (Å²) in [5, 5.41) is 6.81. The molecule has 7 heteroatoms. The van der Waals surface area contributed by atoms with Gasteiger partial charge in [0.1, 0.15) is 0 Å². The van der Waals surface area contributed by atoms with Gasteiger partial charge in [0.25, 0.3) is 10.0 Å². The predicted molar refractivity (Wildman–Crippen MR) is 86.0 cm³/mol. The number of aryl methyl sites for hydroxylation is 1. The zero-order valence-corrected chi connectivity index (χ0v) is 15.1. The number of nitrogens with one attached hydrogen (secondary N) is 1. The van der Waals surface area contributed by atoms with E-state index in [1.54, 1.807) is 11.2 Å². The van der Waals surface area contributed by atoms with Crippen molar-refractivity contribution in [3.8, 4) is 0 Å². The van der Waals surface area contributed by atoms with E-state index in [1.165, 1.54) is 0 Å². The molecule has 0 aromatic carbocycles. The molecule has 1 aromatic heterocycles. The molecule has 0 saturated heterocycles. The topological polar surface area (TPSA) is 66.1 Å². The van der Waals surface area contributed by atoms with E-state index in [-0.39, 0.29) is 22.9 Å². The molecule has 0 radical (unpaired) electrons. The van der Waals surface area contributed by atoms with Crippen LogP contribution < -0.4 is 0 Å². The van der Waals surface area contributed by atoms with Crippen molar-refractivity contribution < 1.29 is 8.42 Å². The van der Waals surface area contributed by atoms with E-state index >= 15 is 0 Å². The molecular formula is C14H26ClN3O2S. The summed E-state index contributed by atoms with van der Waals surface area (Å²) in [5.41, 5.74) is 1.27. The third-order valence-corrected chi connectivity index (χ3v) is 5.78. The van der Waals surface area contributed by atoms with Crippen LogP contribution in [0, 0.1) is 12.8 Å². The molecule has 0 unspecified atom stereocenters. The summed E-state index contributed by atoms with van der Waals surface area (Å²) in [6, 6.07) is -0.0161. The second-order valence-electron chi connectivity index (χ2n) is 5.70. The molecule has 0 aliphatic rings. The lowest BCUT2D eigenvalue weighted by molar-refractivity contribution is 0.276. The van der Waals surface area contributed by atoms with Crippen LogP contribution in [0.2, 0.25) is 0 Å². The molecule has 0 spiro atoms. The first-order chi connectivity index (χ1) is 9.79. The van der Waals surface area contributed by atoms with Gasteiger partial charge in [-0.1, -0.05) is 27.7 Å². The smallest absolute Gasteiger partial charge is 0.262 e. The van der Waals surface area contributed by atoms with E-state index in [1.807, 2.05) is 27.7 Å². The molecule has 0 bridgehead atoms. The van der Waals surface area contributed by atoms with Gasteiger partial charge in [0.05, 0.1) is 5.88 Å². The fourth-order valence-electron chi connectivity index (χ4n) is 2.41. The lowest BCUT2D eigenvalue weighted by atomic mass is 10.1. The Balaban J connectivity index is 3.32. The predicted octanol–water partition coefficient (Wildman–Crippen LogP) is 3.29. The number of H-pyrrole nitrogens is 1. The van der Waals surface area contributed by atoms with E-state index in [0.717, 1.165) is 12.8 Å². The number of hydrogen-bond acceptors (Lipinski definition) is 3. The number of nitrogens with zero attached hydrogens (tertiary/aromatic N) is 2. The number of alkyl halides is 1. The van der Waals surface area contributed by atoms with Crippen molar-refractivity contribution >= 4 is 21.6 Å². The van der Waals surface area contributed by atoms with Crippen molar-refractivity contribution in [1.29, 1.82) is 0 Å². The summed E-state index contributed by atoms with van der Waals surface area (Å²) in [6.07, 6.45) is 1.56. The first kappa shape index (κ1) is 18.5. The Labute approximate surface area is 133 Å². The van der Waals surface area contributed by atoms with Crippen molar-refractivity contribution in [3.05, 3.63) is 11.3 Å². The van der Waals surface area contributed by atoms with Crippen molar-refractivity contribution in [3.63, 3.8) is 0 Å². The van der Waals surface area contributed by atoms with Gasteiger partial charge in [0.2, 0.25) is 0 Å². The zero-order valence-electron chi connectivity index (χ0n) is 13.5. The summed E-state index contributed by atoms with van der Waals surface area (Å²) in [5.74, 6) is 0.384. The van der Waals surface area contributed by atoms with Crippen LogP contribution in [0.15, 0.2) is 5.03 Å². The van der Waals surface area contributed by atoms with Gasteiger partial charge in [0.15, 0.2) is 5.03 Å². The second-order valence-corrected chi connectivity index (χ2v) is 7.78. The monoisotopic (exact) mass is 335 g/mol. The molecule has 1 heterocycles. The minimum Gasteiger partial charge on any atom is -0.281 e. The number of rotatable bonds is 8. The molecule has 21 heavy (non-hydrogen) atoms. The molecule has 1 rings (SSSR count). The van der Waals surface area contributed by atoms with E-state index in [2.05, 4.69) is 10.2 Å². The maximum atomic E-state index is 13.0. The number of sulfonamides is 1. The molecule has 1 aromatic rings. The van der Waals surface area contributed by atoms with E-state index in [4.69, 9.17) is 11.6 Å². The first-order valence-electron chi connectivity index (χ1n) is 7.41. The van der Waals surface area contributed by atoms with Crippen LogP contribution in [-0.2, 0) is 15.9 Å². The Morgan fingerprint density at radius 2 is 1.86 bits per heavy atom. The van der Waals surface area contributed by atoms with Crippen molar-refractivity contribution in [2.24, 2.45) is 5.92 Å². The summed E-state index contributed by atoms with van der Waals surface area (Å²) in [4.78, 5) is 0. The largest absolute Gasteiger partial charge is 0.281 e. The fraction of sp³-hybridized carbons (Fsp3) is 0.786. The molecule has 0 fully saturated rings. The van der Waals surface area contributed by atoms with Crippen molar-refractivity contribution in [2.75, 3.05) is 6.54 Å². The van der Waals surface area contributed by atoms with Crippen LogP contribution in [-0.4, -0.2) is 35.5 Å². The van der Waals surface area contributed by atoms with Crippen LogP contribution in [0.3, 0.4) is 0 Å². The maximum absolute atomic E-state index is 13.0. The molecular weight excluding hydrogens is 310 g/mol. The molecule has 0 atom stereocenters. The number of aromatic amines is 1. The SMILES string of the molecule is CCC(CC)N(CC(C)C)S(=O)(=O)c1n[nH]c(C)c1CCl. The van der Waals surface area contributed by atoms with Crippen molar-refractivity contribution in [2.45, 2.75) is 64.4 Å². The summed E-state index contributed by atoms with van der Waals surface area (Å²) in [6.45, 7) is 10.3.